The zero-order valence-electron chi connectivity index (χ0n) is 9.06. The van der Waals surface area contributed by atoms with E-state index in [2.05, 4.69) is 36.8 Å². The van der Waals surface area contributed by atoms with Crippen LogP contribution in [0, 0.1) is 0 Å². The van der Waals surface area contributed by atoms with Crippen LogP contribution < -0.4 is 10.5 Å². The van der Waals surface area contributed by atoms with Gasteiger partial charge in [0, 0.05) is 16.2 Å². The molecule has 2 aromatic rings. The van der Waals surface area contributed by atoms with E-state index in [4.69, 9.17) is 22.7 Å². The van der Waals surface area contributed by atoms with Crippen LogP contribution in [0.25, 0.3) is 0 Å². The Hall–Kier alpha value is -0.980. The van der Waals surface area contributed by atoms with Gasteiger partial charge < -0.3 is 10.5 Å². The third kappa shape index (κ3) is 3.28. The quantitative estimate of drug-likeness (QED) is 0.807. The molecule has 0 bridgehead atoms. The molecule has 0 radical (unpaired) electrons. The van der Waals surface area contributed by atoms with Gasteiger partial charge in [0.05, 0.1) is 10.7 Å². The number of halogens is 2. The molecule has 1 aromatic carbocycles. The van der Waals surface area contributed by atoms with Crippen LogP contribution in [0.4, 0.5) is 0 Å². The predicted octanol–water partition coefficient (Wildman–Crippen LogP) is 4.03. The lowest BCUT2D eigenvalue weighted by Crippen LogP contribution is -2.08. The van der Waals surface area contributed by atoms with E-state index in [9.17, 15) is 0 Å². The molecule has 3 nitrogen and oxygen atoms in total. The Labute approximate surface area is 127 Å². The fourth-order valence-electron chi connectivity index (χ4n) is 1.31. The Morgan fingerprint density at radius 1 is 1.22 bits per heavy atom. The maximum atomic E-state index is 5.70. The number of hydrogen-bond donors (Lipinski definition) is 1. The Kier molecular flexibility index (Phi) is 4.31. The van der Waals surface area contributed by atoms with Crippen molar-refractivity contribution in [3.8, 4) is 11.5 Å². The largest absolute Gasteiger partial charge is 0.455 e. The number of aromatic nitrogens is 1. The third-order valence-corrected chi connectivity index (χ3v) is 3.41. The topological polar surface area (TPSA) is 48.1 Å². The maximum absolute atomic E-state index is 5.70. The Balaban J connectivity index is 2.27. The van der Waals surface area contributed by atoms with Gasteiger partial charge in [-0.1, -0.05) is 12.2 Å². The van der Waals surface area contributed by atoms with E-state index in [1.807, 2.05) is 18.2 Å². The first-order valence-corrected chi connectivity index (χ1v) is 6.93. The molecule has 0 aliphatic heterocycles. The van der Waals surface area contributed by atoms with Crippen LogP contribution in [0.5, 0.6) is 11.5 Å². The van der Waals surface area contributed by atoms with Crippen molar-refractivity contribution in [1.29, 1.82) is 0 Å². The number of benzene rings is 1. The zero-order valence-corrected chi connectivity index (χ0v) is 13.0. The van der Waals surface area contributed by atoms with Crippen LogP contribution in [0.15, 0.2) is 45.6 Å². The molecule has 0 aliphatic rings. The number of nitrogens with zero attached hydrogens (tertiary/aromatic N) is 1. The number of nitrogens with two attached hydrogens (primary N) is 1. The third-order valence-electron chi connectivity index (χ3n) is 2.12. The number of thiocarbonyl (C=S) groups is 1. The molecule has 2 rings (SSSR count). The summed E-state index contributed by atoms with van der Waals surface area (Å²) in [5.41, 5.74) is 6.35. The van der Waals surface area contributed by atoms with Crippen LogP contribution in [0.3, 0.4) is 0 Å². The van der Waals surface area contributed by atoms with Gasteiger partial charge in [0.1, 0.15) is 16.5 Å². The molecular formula is C12H8Br2N2OS. The number of ether oxygens (including phenoxy) is 1. The van der Waals surface area contributed by atoms with Gasteiger partial charge in [0.25, 0.3) is 0 Å². The minimum absolute atomic E-state index is 0.353. The standard InChI is InChI=1S/C12H8Br2N2OS/c13-8-4-9(6-16-5-8)17-11-2-1-7(12(15)18)3-10(11)14/h1-6H,(H2,15,18). The summed E-state index contributed by atoms with van der Waals surface area (Å²) in [7, 11) is 0. The first-order valence-electron chi connectivity index (χ1n) is 4.94. The fourth-order valence-corrected chi connectivity index (χ4v) is 2.24. The van der Waals surface area contributed by atoms with E-state index >= 15 is 0 Å². The van der Waals surface area contributed by atoms with Crippen molar-refractivity contribution in [2.24, 2.45) is 5.73 Å². The van der Waals surface area contributed by atoms with E-state index in [0.717, 1.165) is 14.5 Å². The Bertz CT molecular complexity index is 604. The van der Waals surface area contributed by atoms with Crippen LogP contribution in [0.2, 0.25) is 0 Å². The normalized spacial score (nSPS) is 10.1. The second-order valence-corrected chi connectivity index (χ2v) is 5.66. The highest BCUT2D eigenvalue weighted by molar-refractivity contribution is 9.10. The monoisotopic (exact) mass is 386 g/mol. The molecule has 1 aromatic heterocycles. The van der Waals surface area contributed by atoms with Gasteiger partial charge in [-0.2, -0.15) is 0 Å². The zero-order chi connectivity index (χ0) is 13.1. The maximum Gasteiger partial charge on any atom is 0.146 e. The highest BCUT2D eigenvalue weighted by Gasteiger charge is 2.06. The summed E-state index contributed by atoms with van der Waals surface area (Å²) in [6.45, 7) is 0. The molecule has 0 amide bonds. The summed E-state index contributed by atoms with van der Waals surface area (Å²) in [6.07, 6.45) is 3.33. The van der Waals surface area contributed by atoms with Gasteiger partial charge in [0.15, 0.2) is 0 Å². The molecule has 0 saturated heterocycles. The summed E-state index contributed by atoms with van der Waals surface area (Å²) in [5.74, 6) is 1.32. The van der Waals surface area contributed by atoms with Gasteiger partial charge in [-0.3, -0.25) is 4.98 Å². The lowest BCUT2D eigenvalue weighted by atomic mass is 10.2. The molecule has 92 valence electrons. The van der Waals surface area contributed by atoms with Crippen LogP contribution in [-0.4, -0.2) is 9.97 Å². The van der Waals surface area contributed by atoms with E-state index in [1.54, 1.807) is 18.5 Å². The minimum atomic E-state index is 0.353. The van der Waals surface area contributed by atoms with Gasteiger partial charge in [-0.25, -0.2) is 0 Å². The number of hydrogen-bond acceptors (Lipinski definition) is 3. The highest BCUT2D eigenvalue weighted by atomic mass is 79.9. The van der Waals surface area contributed by atoms with E-state index < -0.39 is 0 Å². The Morgan fingerprint density at radius 2 is 2.00 bits per heavy atom. The average Bonchev–Trinajstić information content (AvgIpc) is 2.31. The number of rotatable bonds is 3. The van der Waals surface area contributed by atoms with Crippen molar-refractivity contribution in [3.63, 3.8) is 0 Å². The minimum Gasteiger partial charge on any atom is -0.455 e. The van der Waals surface area contributed by atoms with Crippen LogP contribution >= 0.6 is 44.1 Å². The molecule has 0 atom stereocenters. The highest BCUT2D eigenvalue weighted by Crippen LogP contribution is 2.31. The second-order valence-electron chi connectivity index (χ2n) is 3.45. The van der Waals surface area contributed by atoms with Crippen molar-refractivity contribution >= 4 is 49.1 Å². The van der Waals surface area contributed by atoms with Crippen molar-refractivity contribution in [2.45, 2.75) is 0 Å². The lowest BCUT2D eigenvalue weighted by Gasteiger charge is -2.08. The Morgan fingerprint density at radius 3 is 2.61 bits per heavy atom. The summed E-state index contributed by atoms with van der Waals surface area (Å²) in [5, 5.41) is 0. The van der Waals surface area contributed by atoms with Crippen molar-refractivity contribution in [1.82, 2.24) is 4.98 Å². The molecule has 18 heavy (non-hydrogen) atoms. The van der Waals surface area contributed by atoms with Gasteiger partial charge in [-0.05, 0) is 56.1 Å². The molecule has 0 spiro atoms. The smallest absolute Gasteiger partial charge is 0.146 e. The first kappa shape index (κ1) is 13.5. The summed E-state index contributed by atoms with van der Waals surface area (Å²) in [4.78, 5) is 4.38. The molecule has 0 saturated carbocycles. The van der Waals surface area contributed by atoms with E-state index in [0.29, 0.717) is 16.5 Å². The SMILES string of the molecule is NC(=S)c1ccc(Oc2cncc(Br)c2)c(Br)c1. The lowest BCUT2D eigenvalue weighted by molar-refractivity contribution is 0.477. The van der Waals surface area contributed by atoms with Gasteiger partial charge in [-0.15, -0.1) is 0 Å². The molecule has 0 aliphatic carbocycles. The summed E-state index contributed by atoms with van der Waals surface area (Å²) >= 11 is 11.7. The molecule has 1 heterocycles. The van der Waals surface area contributed by atoms with Crippen molar-refractivity contribution in [3.05, 3.63) is 51.2 Å². The molecule has 6 heteroatoms. The molecule has 2 N–H and O–H groups in total. The fraction of sp³-hybridized carbons (Fsp3) is 0. The van der Waals surface area contributed by atoms with Gasteiger partial charge in [0.2, 0.25) is 0 Å². The van der Waals surface area contributed by atoms with Crippen LogP contribution in [-0.2, 0) is 0 Å². The van der Waals surface area contributed by atoms with E-state index in [-0.39, 0.29) is 0 Å². The van der Waals surface area contributed by atoms with Crippen molar-refractivity contribution < 1.29 is 4.74 Å². The van der Waals surface area contributed by atoms with Gasteiger partial charge >= 0.3 is 0 Å². The predicted molar refractivity (Wildman–Crippen MR) is 82.0 cm³/mol. The van der Waals surface area contributed by atoms with Crippen LogP contribution in [0.1, 0.15) is 5.56 Å². The van der Waals surface area contributed by atoms with E-state index in [1.165, 1.54) is 0 Å². The average molecular weight is 388 g/mol. The number of pyridine rings is 1. The summed E-state index contributed by atoms with van der Waals surface area (Å²) < 4.78 is 7.34. The second kappa shape index (κ2) is 5.77. The van der Waals surface area contributed by atoms with Crippen molar-refractivity contribution in [2.75, 3.05) is 0 Å². The molecule has 0 fully saturated rings. The molecule has 0 unspecified atom stereocenters. The first-order chi connectivity index (χ1) is 8.56. The molecular weight excluding hydrogens is 380 g/mol. The summed E-state index contributed by atoms with van der Waals surface area (Å²) in [6, 6.07) is 7.28.